The second-order valence-corrected chi connectivity index (χ2v) is 8.81. The lowest BCUT2D eigenvalue weighted by Gasteiger charge is -2.43. The summed E-state index contributed by atoms with van der Waals surface area (Å²) in [5.74, 6) is -0.493. The first kappa shape index (κ1) is 21.4. The van der Waals surface area contributed by atoms with E-state index < -0.39 is 5.54 Å². The van der Waals surface area contributed by atoms with Crippen molar-refractivity contribution in [2.45, 2.75) is 39.0 Å². The predicted octanol–water partition coefficient (Wildman–Crippen LogP) is 4.23. The predicted molar refractivity (Wildman–Crippen MR) is 120 cm³/mol. The van der Waals surface area contributed by atoms with Gasteiger partial charge in [-0.1, -0.05) is 47.5 Å². The molecule has 0 aliphatic carbocycles. The summed E-state index contributed by atoms with van der Waals surface area (Å²) in [6, 6.07) is 16.3. The van der Waals surface area contributed by atoms with Crippen LogP contribution in [0.4, 0.5) is 0 Å². The lowest BCUT2D eigenvalue weighted by molar-refractivity contribution is -0.133. The maximum absolute atomic E-state index is 13.4. The maximum Gasteiger partial charge on any atom is 0.273 e. The van der Waals surface area contributed by atoms with E-state index in [0.717, 1.165) is 16.8 Å². The van der Waals surface area contributed by atoms with Crippen molar-refractivity contribution in [2.24, 2.45) is 0 Å². The molecule has 1 aliphatic heterocycles. The van der Waals surface area contributed by atoms with Gasteiger partial charge in [-0.25, -0.2) is 0 Å². The monoisotopic (exact) mass is 456 g/mol. The van der Waals surface area contributed by atoms with Crippen molar-refractivity contribution in [3.8, 4) is 0 Å². The average molecular weight is 457 g/mol. The molecular weight excluding hydrogens is 435 g/mol. The summed E-state index contributed by atoms with van der Waals surface area (Å²) >= 11 is 12.1. The van der Waals surface area contributed by atoms with Crippen molar-refractivity contribution in [1.82, 2.24) is 20.0 Å². The Bertz CT molecular complexity index is 1140. The quantitative estimate of drug-likeness (QED) is 0.624. The second kappa shape index (κ2) is 8.36. The van der Waals surface area contributed by atoms with E-state index >= 15 is 0 Å². The molecule has 0 radical (unpaired) electrons. The summed E-state index contributed by atoms with van der Waals surface area (Å²) in [6.07, 6.45) is 0. The second-order valence-electron chi connectivity index (χ2n) is 7.93. The smallest absolute Gasteiger partial charge is 0.273 e. The van der Waals surface area contributed by atoms with E-state index in [1.807, 2.05) is 31.2 Å². The Hall–Kier alpha value is -2.83. The van der Waals surface area contributed by atoms with Crippen LogP contribution in [0.3, 0.4) is 0 Å². The third-order valence-electron chi connectivity index (χ3n) is 5.50. The standard InChI is InChI=1S/C23H22Cl2N4O2/c1-15-10-20-21(30)28(13-17-4-3-5-19(25)11-17)23(2,14-29(20)27-15)22(31)26-12-16-6-8-18(24)9-7-16/h3-11H,12-14H2,1-2H3,(H,26,31)/t23-/m1/s1. The summed E-state index contributed by atoms with van der Waals surface area (Å²) in [6.45, 7) is 4.45. The fourth-order valence-electron chi connectivity index (χ4n) is 3.81. The number of nitrogens with zero attached hydrogens (tertiary/aromatic N) is 3. The zero-order chi connectivity index (χ0) is 22.2. The molecule has 0 fully saturated rings. The number of hydrogen-bond acceptors (Lipinski definition) is 3. The molecule has 0 saturated heterocycles. The third kappa shape index (κ3) is 4.31. The summed E-state index contributed by atoms with van der Waals surface area (Å²) < 4.78 is 1.62. The molecule has 0 spiro atoms. The number of aromatic nitrogens is 2. The molecule has 1 aliphatic rings. The van der Waals surface area contributed by atoms with Crippen molar-refractivity contribution < 1.29 is 9.59 Å². The van der Waals surface area contributed by atoms with Gasteiger partial charge in [0.15, 0.2) is 0 Å². The van der Waals surface area contributed by atoms with Gasteiger partial charge in [-0.05, 0) is 55.3 Å². The molecule has 2 heterocycles. The average Bonchev–Trinajstić information content (AvgIpc) is 3.10. The van der Waals surface area contributed by atoms with Crippen LogP contribution in [-0.4, -0.2) is 32.0 Å². The van der Waals surface area contributed by atoms with E-state index in [1.165, 1.54) is 0 Å². The zero-order valence-electron chi connectivity index (χ0n) is 17.2. The molecule has 0 bridgehead atoms. The van der Waals surface area contributed by atoms with Crippen molar-refractivity contribution in [1.29, 1.82) is 0 Å². The summed E-state index contributed by atoms with van der Waals surface area (Å²) in [5.41, 5.74) is 1.85. The maximum atomic E-state index is 13.4. The van der Waals surface area contributed by atoms with Crippen LogP contribution in [0.1, 0.15) is 34.2 Å². The summed E-state index contributed by atoms with van der Waals surface area (Å²) in [4.78, 5) is 28.4. The summed E-state index contributed by atoms with van der Waals surface area (Å²) in [7, 11) is 0. The molecule has 2 amide bonds. The number of benzene rings is 2. The Kier molecular flexibility index (Phi) is 5.77. The van der Waals surface area contributed by atoms with Gasteiger partial charge in [0, 0.05) is 23.1 Å². The fraction of sp³-hybridized carbons (Fsp3) is 0.261. The number of rotatable bonds is 5. The highest BCUT2D eigenvalue weighted by molar-refractivity contribution is 6.30. The lowest BCUT2D eigenvalue weighted by Crippen LogP contribution is -2.63. The van der Waals surface area contributed by atoms with Gasteiger partial charge in [-0.15, -0.1) is 0 Å². The van der Waals surface area contributed by atoms with E-state index in [2.05, 4.69) is 10.4 Å². The van der Waals surface area contributed by atoms with Gasteiger partial charge in [-0.2, -0.15) is 5.10 Å². The third-order valence-corrected chi connectivity index (χ3v) is 5.99. The van der Waals surface area contributed by atoms with Gasteiger partial charge in [0.1, 0.15) is 11.2 Å². The number of hydrogen-bond donors (Lipinski definition) is 1. The molecule has 3 aromatic rings. The molecule has 1 aromatic heterocycles. The number of nitrogens with one attached hydrogen (secondary N) is 1. The highest BCUT2D eigenvalue weighted by atomic mass is 35.5. The van der Waals surface area contributed by atoms with E-state index in [0.29, 0.717) is 22.3 Å². The number of fused-ring (bicyclic) bond motifs is 1. The van der Waals surface area contributed by atoms with Gasteiger partial charge < -0.3 is 10.2 Å². The number of carbonyl (C=O) groups excluding carboxylic acids is 2. The largest absolute Gasteiger partial charge is 0.350 e. The molecule has 1 atom stereocenters. The van der Waals surface area contributed by atoms with Crippen LogP contribution in [0.2, 0.25) is 10.0 Å². The number of halogens is 2. The molecule has 6 nitrogen and oxygen atoms in total. The molecule has 0 unspecified atom stereocenters. The fourth-order valence-corrected chi connectivity index (χ4v) is 4.15. The Balaban J connectivity index is 1.64. The number of aryl methyl sites for hydroxylation is 1. The first-order chi connectivity index (χ1) is 14.8. The number of amides is 2. The minimum absolute atomic E-state index is 0.240. The van der Waals surface area contributed by atoms with E-state index in [9.17, 15) is 9.59 Å². The molecule has 8 heteroatoms. The normalized spacial score (nSPS) is 18.1. The van der Waals surface area contributed by atoms with Crippen LogP contribution < -0.4 is 5.32 Å². The van der Waals surface area contributed by atoms with Crippen LogP contribution in [0.25, 0.3) is 0 Å². The Morgan fingerprint density at radius 2 is 1.84 bits per heavy atom. The SMILES string of the molecule is Cc1cc2n(n1)C[C@](C)(C(=O)NCc1ccc(Cl)cc1)N(Cc1cccc(Cl)c1)C2=O. The van der Waals surface area contributed by atoms with Gasteiger partial charge in [0.2, 0.25) is 5.91 Å². The Morgan fingerprint density at radius 1 is 1.10 bits per heavy atom. The minimum atomic E-state index is -1.13. The van der Waals surface area contributed by atoms with Gasteiger partial charge in [0.05, 0.1) is 12.2 Å². The Morgan fingerprint density at radius 3 is 2.55 bits per heavy atom. The minimum Gasteiger partial charge on any atom is -0.350 e. The van der Waals surface area contributed by atoms with Crippen molar-refractivity contribution in [3.63, 3.8) is 0 Å². The molecule has 0 saturated carbocycles. The van der Waals surface area contributed by atoms with Crippen LogP contribution in [0.15, 0.2) is 54.6 Å². The molecule has 1 N–H and O–H groups in total. The van der Waals surface area contributed by atoms with Crippen molar-refractivity contribution >= 4 is 35.0 Å². The van der Waals surface area contributed by atoms with E-state index in [4.69, 9.17) is 23.2 Å². The van der Waals surface area contributed by atoms with Crippen LogP contribution in [0.5, 0.6) is 0 Å². The van der Waals surface area contributed by atoms with Crippen molar-refractivity contribution in [2.75, 3.05) is 0 Å². The molecule has 2 aromatic carbocycles. The molecule has 4 rings (SSSR count). The summed E-state index contributed by atoms with van der Waals surface area (Å²) in [5, 5.41) is 8.60. The molecule has 160 valence electrons. The van der Waals surface area contributed by atoms with Crippen LogP contribution in [0, 0.1) is 6.92 Å². The van der Waals surface area contributed by atoms with Crippen LogP contribution in [-0.2, 0) is 24.4 Å². The molecule has 31 heavy (non-hydrogen) atoms. The highest BCUT2D eigenvalue weighted by Crippen LogP contribution is 2.30. The Labute approximate surface area is 190 Å². The topological polar surface area (TPSA) is 67.2 Å². The highest BCUT2D eigenvalue weighted by Gasteiger charge is 2.47. The van der Waals surface area contributed by atoms with Gasteiger partial charge in [0.25, 0.3) is 5.91 Å². The van der Waals surface area contributed by atoms with Crippen molar-refractivity contribution in [3.05, 3.63) is 87.2 Å². The zero-order valence-corrected chi connectivity index (χ0v) is 18.7. The number of carbonyl (C=O) groups is 2. The van der Waals surface area contributed by atoms with Gasteiger partial charge >= 0.3 is 0 Å². The van der Waals surface area contributed by atoms with Crippen LogP contribution >= 0.6 is 23.2 Å². The first-order valence-corrected chi connectivity index (χ1v) is 10.7. The van der Waals surface area contributed by atoms with E-state index in [-0.39, 0.29) is 24.9 Å². The van der Waals surface area contributed by atoms with E-state index in [1.54, 1.807) is 46.8 Å². The van der Waals surface area contributed by atoms with Gasteiger partial charge in [-0.3, -0.25) is 14.3 Å². The lowest BCUT2D eigenvalue weighted by atomic mass is 9.94. The first-order valence-electron chi connectivity index (χ1n) is 9.90. The molecular formula is C23H22Cl2N4O2.